The Morgan fingerprint density at radius 3 is 2.30 bits per heavy atom. The Kier molecular flexibility index (Phi) is 7.93. The van der Waals surface area contributed by atoms with E-state index in [1.165, 1.54) is 0 Å². The van der Waals surface area contributed by atoms with E-state index in [9.17, 15) is 4.79 Å². The molecule has 2 rings (SSSR count). The Hall–Kier alpha value is -2.75. The predicted octanol–water partition coefficient (Wildman–Crippen LogP) is 5.51. The summed E-state index contributed by atoms with van der Waals surface area (Å²) in [4.78, 5) is 12.6. The fourth-order valence-corrected chi connectivity index (χ4v) is 2.64. The first-order valence-electron chi connectivity index (χ1n) is 9.50. The summed E-state index contributed by atoms with van der Waals surface area (Å²) in [7, 11) is 1.85. The molecular formula is C23H29NO3. The van der Waals surface area contributed by atoms with Crippen LogP contribution in [0.25, 0.3) is 6.08 Å². The molecule has 0 aliphatic rings. The zero-order chi connectivity index (χ0) is 19.6. The maximum atomic E-state index is 12.6. The highest BCUT2D eigenvalue weighted by atomic mass is 16.5. The molecule has 0 radical (unpaired) electrons. The normalized spacial score (nSPS) is 10.8. The number of hydrogen-bond donors (Lipinski definition) is 1. The molecule has 2 aromatic rings. The summed E-state index contributed by atoms with van der Waals surface area (Å²) >= 11 is 0. The number of benzene rings is 2. The minimum absolute atomic E-state index is 0.0537. The Morgan fingerprint density at radius 1 is 1.00 bits per heavy atom. The van der Waals surface area contributed by atoms with Gasteiger partial charge in [-0.15, -0.1) is 0 Å². The van der Waals surface area contributed by atoms with Crippen molar-refractivity contribution in [2.45, 2.75) is 33.6 Å². The highest BCUT2D eigenvalue weighted by molar-refractivity contribution is 6.07. The smallest absolute Gasteiger partial charge is 0.185 e. The molecule has 27 heavy (non-hydrogen) atoms. The highest BCUT2D eigenvalue weighted by Gasteiger charge is 2.13. The molecule has 0 amide bonds. The fraction of sp³-hybridized carbons (Fsp3) is 0.348. The molecule has 0 saturated heterocycles. The van der Waals surface area contributed by atoms with Gasteiger partial charge in [-0.05, 0) is 67.8 Å². The molecule has 0 heterocycles. The van der Waals surface area contributed by atoms with Crippen molar-refractivity contribution in [3.63, 3.8) is 0 Å². The predicted molar refractivity (Wildman–Crippen MR) is 112 cm³/mol. The van der Waals surface area contributed by atoms with Gasteiger partial charge in [-0.2, -0.15) is 0 Å². The third kappa shape index (κ3) is 5.61. The van der Waals surface area contributed by atoms with Crippen LogP contribution in [0.2, 0.25) is 0 Å². The second-order valence-corrected chi connectivity index (χ2v) is 6.35. The summed E-state index contributed by atoms with van der Waals surface area (Å²) in [6.07, 6.45) is 5.22. The minimum atomic E-state index is -0.0537. The second-order valence-electron chi connectivity index (χ2n) is 6.35. The van der Waals surface area contributed by atoms with Crippen molar-refractivity contribution in [2.75, 3.05) is 25.6 Å². The lowest BCUT2D eigenvalue weighted by Crippen LogP contribution is -2.03. The summed E-state index contributed by atoms with van der Waals surface area (Å²) in [6, 6.07) is 11.3. The van der Waals surface area contributed by atoms with E-state index in [-0.39, 0.29) is 5.78 Å². The third-order valence-electron chi connectivity index (χ3n) is 4.12. The zero-order valence-electron chi connectivity index (χ0n) is 16.7. The van der Waals surface area contributed by atoms with Crippen molar-refractivity contribution in [2.24, 2.45) is 0 Å². The number of carbonyl (C=O) groups excluding carboxylic acids is 1. The lowest BCUT2D eigenvalue weighted by Gasteiger charge is -2.16. The van der Waals surface area contributed by atoms with Crippen LogP contribution in [0.3, 0.4) is 0 Å². The number of hydrogen-bond acceptors (Lipinski definition) is 4. The van der Waals surface area contributed by atoms with E-state index >= 15 is 0 Å². The van der Waals surface area contributed by atoms with Crippen molar-refractivity contribution in [1.29, 1.82) is 0 Å². The van der Waals surface area contributed by atoms with Gasteiger partial charge in [0.1, 0.15) is 11.5 Å². The molecule has 0 spiro atoms. The first-order chi connectivity index (χ1) is 13.1. The Labute approximate surface area is 162 Å². The molecule has 144 valence electrons. The van der Waals surface area contributed by atoms with Gasteiger partial charge in [0.2, 0.25) is 0 Å². The van der Waals surface area contributed by atoms with Crippen LogP contribution >= 0.6 is 0 Å². The number of rotatable bonds is 10. The average Bonchev–Trinajstić information content (AvgIpc) is 2.70. The van der Waals surface area contributed by atoms with Crippen LogP contribution in [-0.4, -0.2) is 26.0 Å². The van der Waals surface area contributed by atoms with Crippen LogP contribution in [0.5, 0.6) is 11.5 Å². The van der Waals surface area contributed by atoms with E-state index < -0.39 is 0 Å². The highest BCUT2D eigenvalue weighted by Crippen LogP contribution is 2.34. The van der Waals surface area contributed by atoms with E-state index in [0.29, 0.717) is 18.8 Å². The van der Waals surface area contributed by atoms with E-state index in [1.54, 1.807) is 12.2 Å². The standard InChI is InChI=1S/C23H29NO3/c1-5-15-26-22-14-7-17(3)23(27-16-6-2)20(22)12-13-21(25)18-8-10-19(24-4)11-9-18/h7-14,24H,5-6,15-16H2,1-4H3. The van der Waals surface area contributed by atoms with Crippen LogP contribution in [0.4, 0.5) is 5.69 Å². The summed E-state index contributed by atoms with van der Waals surface area (Å²) in [5, 5.41) is 3.05. The van der Waals surface area contributed by atoms with Crippen LogP contribution < -0.4 is 14.8 Å². The molecule has 0 atom stereocenters. The SMILES string of the molecule is CCCOc1ccc(C)c(OCCC)c1C=CC(=O)c1ccc(NC)cc1. The monoisotopic (exact) mass is 367 g/mol. The fourth-order valence-electron chi connectivity index (χ4n) is 2.64. The number of anilines is 1. The van der Waals surface area contributed by atoms with Crippen molar-refractivity contribution < 1.29 is 14.3 Å². The number of carbonyl (C=O) groups is 1. The molecule has 4 nitrogen and oxygen atoms in total. The summed E-state index contributed by atoms with van der Waals surface area (Å²) < 4.78 is 11.8. The molecule has 0 bridgehead atoms. The van der Waals surface area contributed by atoms with Gasteiger partial charge in [0, 0.05) is 18.3 Å². The molecule has 1 N–H and O–H groups in total. The molecule has 0 fully saturated rings. The van der Waals surface area contributed by atoms with Gasteiger partial charge in [-0.25, -0.2) is 0 Å². The molecule has 2 aromatic carbocycles. The number of nitrogens with one attached hydrogen (secondary N) is 1. The van der Waals surface area contributed by atoms with Gasteiger partial charge in [0.25, 0.3) is 0 Å². The molecule has 0 unspecified atom stereocenters. The van der Waals surface area contributed by atoms with E-state index in [1.807, 2.05) is 50.4 Å². The van der Waals surface area contributed by atoms with Crippen LogP contribution in [0.1, 0.15) is 48.2 Å². The zero-order valence-corrected chi connectivity index (χ0v) is 16.7. The van der Waals surface area contributed by atoms with Crippen LogP contribution in [0.15, 0.2) is 42.5 Å². The first kappa shape index (κ1) is 20.6. The number of aryl methyl sites for hydroxylation is 1. The molecule has 0 saturated carbocycles. The molecule has 0 aliphatic carbocycles. The van der Waals surface area contributed by atoms with Gasteiger partial charge in [-0.3, -0.25) is 4.79 Å². The second kappa shape index (κ2) is 10.4. The van der Waals surface area contributed by atoms with Crippen molar-refractivity contribution in [3.8, 4) is 11.5 Å². The van der Waals surface area contributed by atoms with Gasteiger partial charge in [-0.1, -0.05) is 19.9 Å². The number of ether oxygens (including phenoxy) is 2. The van der Waals surface area contributed by atoms with E-state index in [4.69, 9.17) is 9.47 Å². The number of allylic oxidation sites excluding steroid dienone is 1. The van der Waals surface area contributed by atoms with Crippen LogP contribution in [-0.2, 0) is 0 Å². The summed E-state index contributed by atoms with van der Waals surface area (Å²) in [5.74, 6) is 1.46. The largest absolute Gasteiger partial charge is 0.493 e. The molecule has 0 aliphatic heterocycles. The molecular weight excluding hydrogens is 338 g/mol. The van der Waals surface area contributed by atoms with Gasteiger partial charge >= 0.3 is 0 Å². The summed E-state index contributed by atoms with van der Waals surface area (Å²) in [6.45, 7) is 7.39. The maximum Gasteiger partial charge on any atom is 0.185 e. The Morgan fingerprint density at radius 2 is 1.67 bits per heavy atom. The Balaban J connectivity index is 2.33. The van der Waals surface area contributed by atoms with Gasteiger partial charge in [0.15, 0.2) is 5.78 Å². The average molecular weight is 367 g/mol. The lowest BCUT2D eigenvalue weighted by atomic mass is 10.1. The Bertz CT molecular complexity index is 779. The van der Waals surface area contributed by atoms with Gasteiger partial charge in [0.05, 0.1) is 18.8 Å². The molecule has 4 heteroatoms. The minimum Gasteiger partial charge on any atom is -0.493 e. The topological polar surface area (TPSA) is 47.6 Å². The number of ketones is 1. The van der Waals surface area contributed by atoms with Crippen molar-refractivity contribution >= 4 is 17.5 Å². The van der Waals surface area contributed by atoms with Gasteiger partial charge < -0.3 is 14.8 Å². The quantitative estimate of drug-likeness (QED) is 0.444. The summed E-state index contributed by atoms with van der Waals surface area (Å²) in [5.41, 5.74) is 3.46. The molecule has 0 aromatic heterocycles. The van der Waals surface area contributed by atoms with Crippen LogP contribution in [0, 0.1) is 6.92 Å². The maximum absolute atomic E-state index is 12.6. The third-order valence-corrected chi connectivity index (χ3v) is 4.12. The van der Waals surface area contributed by atoms with E-state index in [0.717, 1.165) is 41.2 Å². The van der Waals surface area contributed by atoms with Crippen molar-refractivity contribution in [3.05, 3.63) is 59.2 Å². The first-order valence-corrected chi connectivity index (χ1v) is 9.50. The van der Waals surface area contributed by atoms with E-state index in [2.05, 4.69) is 19.2 Å². The van der Waals surface area contributed by atoms with Crippen molar-refractivity contribution in [1.82, 2.24) is 0 Å². The lowest BCUT2D eigenvalue weighted by molar-refractivity contribution is 0.104.